The van der Waals surface area contributed by atoms with Crippen molar-refractivity contribution in [3.63, 3.8) is 0 Å². The Bertz CT molecular complexity index is 567. The van der Waals surface area contributed by atoms with Crippen LogP contribution in [0.1, 0.15) is 22.9 Å². The highest BCUT2D eigenvalue weighted by Crippen LogP contribution is 2.36. The van der Waals surface area contributed by atoms with Crippen LogP contribution in [0.15, 0.2) is 36.5 Å². The number of benzene rings is 1. The van der Waals surface area contributed by atoms with Gasteiger partial charge >= 0.3 is 0 Å². The van der Waals surface area contributed by atoms with Gasteiger partial charge in [0.2, 0.25) is 0 Å². The molecule has 2 rings (SSSR count). The maximum atomic E-state index is 5.51. The number of nitrogens with one attached hydrogen (secondary N) is 1. The van der Waals surface area contributed by atoms with E-state index in [0.717, 1.165) is 28.3 Å². The number of pyridine rings is 1. The molecule has 0 spiro atoms. The van der Waals surface area contributed by atoms with E-state index in [4.69, 9.17) is 9.47 Å². The molecule has 0 bridgehead atoms. The van der Waals surface area contributed by atoms with Crippen LogP contribution in [0.25, 0.3) is 0 Å². The number of hydrogen-bond acceptors (Lipinski definition) is 4. The fraction of sp³-hybridized carbons (Fsp3) is 0.312. The zero-order valence-corrected chi connectivity index (χ0v) is 12.3. The van der Waals surface area contributed by atoms with Crippen LogP contribution >= 0.6 is 0 Å². The normalized spacial score (nSPS) is 12.0. The van der Waals surface area contributed by atoms with E-state index in [1.807, 2.05) is 44.4 Å². The quantitative estimate of drug-likeness (QED) is 0.909. The number of hydrogen-bond donors (Lipinski definition) is 1. The number of ether oxygens (including phenoxy) is 2. The number of nitrogens with zero attached hydrogens (tertiary/aromatic N) is 1. The zero-order valence-electron chi connectivity index (χ0n) is 12.3. The molecule has 0 radical (unpaired) electrons. The molecule has 1 aromatic carbocycles. The van der Waals surface area contributed by atoms with Gasteiger partial charge in [-0.2, -0.15) is 0 Å². The zero-order chi connectivity index (χ0) is 14.5. The van der Waals surface area contributed by atoms with E-state index in [2.05, 4.69) is 16.4 Å². The van der Waals surface area contributed by atoms with E-state index in [1.54, 1.807) is 14.2 Å². The molecule has 0 saturated heterocycles. The second kappa shape index (κ2) is 6.39. The molecule has 0 fully saturated rings. The number of aryl methyl sites for hydroxylation is 1. The molecule has 1 aromatic heterocycles. The van der Waals surface area contributed by atoms with Gasteiger partial charge in [-0.15, -0.1) is 0 Å². The number of methoxy groups -OCH3 is 2. The minimum absolute atomic E-state index is 0.00755. The lowest BCUT2D eigenvalue weighted by Gasteiger charge is -2.21. The molecule has 0 saturated carbocycles. The average Bonchev–Trinajstić information content (AvgIpc) is 2.49. The van der Waals surface area contributed by atoms with E-state index >= 15 is 0 Å². The Balaban J connectivity index is 2.49. The molecule has 4 heteroatoms. The molecule has 20 heavy (non-hydrogen) atoms. The lowest BCUT2D eigenvalue weighted by Crippen LogP contribution is -2.19. The third-order valence-electron chi connectivity index (χ3n) is 3.30. The van der Waals surface area contributed by atoms with Crippen LogP contribution in [-0.2, 0) is 0 Å². The summed E-state index contributed by atoms with van der Waals surface area (Å²) in [5.74, 6) is 1.47. The van der Waals surface area contributed by atoms with Gasteiger partial charge in [-0.1, -0.05) is 18.2 Å². The standard InChI is InChI=1S/C16H20N2O2/c1-11-8-9-12(10-18-11)15(17-2)13-6-5-7-14(19-3)16(13)20-4/h5-10,15,17H,1-4H3. The van der Waals surface area contributed by atoms with E-state index in [1.165, 1.54) is 0 Å². The predicted molar refractivity (Wildman–Crippen MR) is 79.4 cm³/mol. The summed E-state index contributed by atoms with van der Waals surface area (Å²) in [6.07, 6.45) is 1.88. The summed E-state index contributed by atoms with van der Waals surface area (Å²) in [7, 11) is 5.22. The summed E-state index contributed by atoms with van der Waals surface area (Å²) >= 11 is 0. The van der Waals surface area contributed by atoms with Crippen LogP contribution in [-0.4, -0.2) is 26.3 Å². The van der Waals surface area contributed by atoms with E-state index in [0.29, 0.717) is 0 Å². The fourth-order valence-corrected chi connectivity index (χ4v) is 2.29. The average molecular weight is 272 g/mol. The van der Waals surface area contributed by atoms with Crippen molar-refractivity contribution in [2.75, 3.05) is 21.3 Å². The second-order valence-electron chi connectivity index (χ2n) is 4.54. The predicted octanol–water partition coefficient (Wildman–Crippen LogP) is 2.72. The molecule has 1 heterocycles. The SMILES string of the molecule is CNC(c1ccc(C)nc1)c1cccc(OC)c1OC. The molecular formula is C16H20N2O2. The van der Waals surface area contributed by atoms with Crippen LogP contribution in [0.2, 0.25) is 0 Å². The third-order valence-corrected chi connectivity index (χ3v) is 3.30. The number of aromatic nitrogens is 1. The largest absolute Gasteiger partial charge is 0.493 e. The van der Waals surface area contributed by atoms with Gasteiger partial charge < -0.3 is 14.8 Å². The van der Waals surface area contributed by atoms with Crippen LogP contribution in [0.4, 0.5) is 0 Å². The Morgan fingerprint density at radius 1 is 1.10 bits per heavy atom. The van der Waals surface area contributed by atoms with Crippen molar-refractivity contribution in [1.82, 2.24) is 10.3 Å². The van der Waals surface area contributed by atoms with Crippen molar-refractivity contribution in [3.8, 4) is 11.5 Å². The maximum Gasteiger partial charge on any atom is 0.165 e. The van der Waals surface area contributed by atoms with Crippen molar-refractivity contribution >= 4 is 0 Å². The van der Waals surface area contributed by atoms with Gasteiger partial charge in [-0.3, -0.25) is 4.98 Å². The van der Waals surface area contributed by atoms with Crippen molar-refractivity contribution in [1.29, 1.82) is 0 Å². The Kier molecular flexibility index (Phi) is 4.58. The number of rotatable bonds is 5. The van der Waals surface area contributed by atoms with Crippen LogP contribution in [0.3, 0.4) is 0 Å². The second-order valence-corrected chi connectivity index (χ2v) is 4.54. The topological polar surface area (TPSA) is 43.4 Å². The van der Waals surface area contributed by atoms with Gasteiger partial charge in [0.25, 0.3) is 0 Å². The highest BCUT2D eigenvalue weighted by atomic mass is 16.5. The van der Waals surface area contributed by atoms with Crippen LogP contribution < -0.4 is 14.8 Å². The molecule has 0 amide bonds. The van der Waals surface area contributed by atoms with E-state index < -0.39 is 0 Å². The Hall–Kier alpha value is -2.07. The smallest absolute Gasteiger partial charge is 0.165 e. The van der Waals surface area contributed by atoms with Gasteiger partial charge in [0.15, 0.2) is 11.5 Å². The summed E-state index contributed by atoms with van der Waals surface area (Å²) in [6.45, 7) is 1.98. The Morgan fingerprint density at radius 2 is 1.90 bits per heavy atom. The first-order valence-corrected chi connectivity index (χ1v) is 6.52. The Morgan fingerprint density at radius 3 is 2.45 bits per heavy atom. The van der Waals surface area contributed by atoms with Gasteiger partial charge in [-0.05, 0) is 31.7 Å². The van der Waals surface area contributed by atoms with E-state index in [9.17, 15) is 0 Å². The van der Waals surface area contributed by atoms with Crippen molar-refractivity contribution in [3.05, 3.63) is 53.3 Å². The highest BCUT2D eigenvalue weighted by Gasteiger charge is 2.19. The first-order valence-electron chi connectivity index (χ1n) is 6.52. The van der Waals surface area contributed by atoms with Crippen molar-refractivity contribution in [2.45, 2.75) is 13.0 Å². The molecule has 0 aliphatic carbocycles. The summed E-state index contributed by atoms with van der Waals surface area (Å²) < 4.78 is 10.9. The first kappa shape index (κ1) is 14.3. The monoisotopic (exact) mass is 272 g/mol. The highest BCUT2D eigenvalue weighted by molar-refractivity contribution is 5.50. The molecule has 0 aliphatic rings. The van der Waals surface area contributed by atoms with Gasteiger partial charge in [0, 0.05) is 17.5 Å². The van der Waals surface area contributed by atoms with Crippen LogP contribution in [0.5, 0.6) is 11.5 Å². The summed E-state index contributed by atoms with van der Waals surface area (Å²) in [5.41, 5.74) is 3.12. The van der Waals surface area contributed by atoms with Crippen LogP contribution in [0, 0.1) is 6.92 Å². The first-order chi connectivity index (χ1) is 9.71. The molecule has 1 unspecified atom stereocenters. The summed E-state index contributed by atoms with van der Waals surface area (Å²) in [6, 6.07) is 9.97. The lowest BCUT2D eigenvalue weighted by molar-refractivity contribution is 0.349. The number of para-hydroxylation sites is 1. The maximum absolute atomic E-state index is 5.51. The fourth-order valence-electron chi connectivity index (χ4n) is 2.29. The van der Waals surface area contributed by atoms with Gasteiger partial charge in [0.1, 0.15) is 0 Å². The summed E-state index contributed by atoms with van der Waals surface area (Å²) in [5, 5.41) is 3.30. The van der Waals surface area contributed by atoms with Crippen molar-refractivity contribution < 1.29 is 9.47 Å². The molecule has 4 nitrogen and oxygen atoms in total. The van der Waals surface area contributed by atoms with Gasteiger partial charge in [0.05, 0.1) is 20.3 Å². The molecular weight excluding hydrogens is 252 g/mol. The van der Waals surface area contributed by atoms with Gasteiger partial charge in [-0.25, -0.2) is 0 Å². The summed E-state index contributed by atoms with van der Waals surface area (Å²) in [4.78, 5) is 4.36. The Labute approximate surface area is 119 Å². The molecule has 0 aliphatic heterocycles. The minimum atomic E-state index is 0.00755. The molecule has 1 atom stereocenters. The molecule has 2 aromatic rings. The molecule has 1 N–H and O–H groups in total. The molecule has 106 valence electrons. The van der Waals surface area contributed by atoms with Crippen molar-refractivity contribution in [2.24, 2.45) is 0 Å². The third kappa shape index (κ3) is 2.75. The van der Waals surface area contributed by atoms with E-state index in [-0.39, 0.29) is 6.04 Å². The minimum Gasteiger partial charge on any atom is -0.493 e. The lowest BCUT2D eigenvalue weighted by atomic mass is 9.98.